The Morgan fingerprint density at radius 1 is 0.905 bits per heavy atom. The molecule has 0 saturated carbocycles. The molecule has 1 N–H and O–H groups in total. The summed E-state index contributed by atoms with van der Waals surface area (Å²) in [5, 5.41) is 1.81. The van der Waals surface area contributed by atoms with Crippen LogP contribution in [0.25, 0.3) is 0 Å². The number of halogens is 6. The van der Waals surface area contributed by atoms with E-state index in [2.05, 4.69) is 0 Å². The summed E-state index contributed by atoms with van der Waals surface area (Å²) in [6.45, 7) is 0. The minimum atomic E-state index is -4.77. The molecule has 0 fully saturated rings. The molecule has 1 atom stereocenters. The third-order valence-electron chi connectivity index (χ3n) is 2.75. The number of hydrogen-bond acceptors (Lipinski definition) is 1. The van der Waals surface area contributed by atoms with Crippen LogP contribution in [0.15, 0.2) is 42.5 Å². The summed E-state index contributed by atoms with van der Waals surface area (Å²) in [6, 6.07) is 5.06. The van der Waals surface area contributed by atoms with Gasteiger partial charge in [0.1, 0.15) is 11.9 Å². The first-order valence-corrected chi connectivity index (χ1v) is 5.82. The molecule has 0 aliphatic heterocycles. The zero-order chi connectivity index (χ0) is 15.6. The lowest BCUT2D eigenvalue weighted by atomic mass is 10.1. The van der Waals surface area contributed by atoms with E-state index < -0.39 is 35.4 Å². The fourth-order valence-electron chi connectivity index (χ4n) is 1.82. The molecular formula is C14H9F6N. The molecule has 0 aliphatic rings. The van der Waals surface area contributed by atoms with Crippen LogP contribution in [0.4, 0.5) is 32.0 Å². The van der Waals surface area contributed by atoms with E-state index in [1.54, 1.807) is 5.32 Å². The fraction of sp³-hybridized carbons (Fsp3) is 0.143. The lowest BCUT2D eigenvalue weighted by molar-refractivity contribution is -0.144. The maximum Gasteiger partial charge on any atom is 0.412 e. The van der Waals surface area contributed by atoms with Crippen LogP contribution in [0, 0.1) is 17.5 Å². The van der Waals surface area contributed by atoms with Crippen molar-refractivity contribution in [2.75, 3.05) is 5.32 Å². The Labute approximate surface area is 116 Å². The number of alkyl halides is 3. The predicted molar refractivity (Wildman–Crippen MR) is 65.2 cm³/mol. The summed E-state index contributed by atoms with van der Waals surface area (Å²) in [6.07, 6.45) is -4.77. The van der Waals surface area contributed by atoms with Crippen LogP contribution in [-0.4, -0.2) is 6.18 Å². The van der Waals surface area contributed by atoms with Crippen LogP contribution in [0.2, 0.25) is 0 Å². The van der Waals surface area contributed by atoms with Crippen molar-refractivity contribution in [2.24, 2.45) is 0 Å². The van der Waals surface area contributed by atoms with Gasteiger partial charge in [-0.3, -0.25) is 0 Å². The standard InChI is InChI=1S/C14H9F6N/c15-9-6-10(16)12(17)11(7-9)21-13(14(18,19)20)8-4-2-1-3-5-8/h1-7,13,21H. The van der Waals surface area contributed by atoms with Gasteiger partial charge in [0.2, 0.25) is 0 Å². The first kappa shape index (κ1) is 15.2. The molecule has 0 saturated heterocycles. The zero-order valence-electron chi connectivity index (χ0n) is 10.4. The Kier molecular flexibility index (Phi) is 4.11. The Balaban J connectivity index is 2.42. The van der Waals surface area contributed by atoms with Gasteiger partial charge >= 0.3 is 6.18 Å². The van der Waals surface area contributed by atoms with Crippen LogP contribution in [-0.2, 0) is 0 Å². The quantitative estimate of drug-likeness (QED) is 0.633. The molecule has 0 radical (unpaired) electrons. The normalized spacial score (nSPS) is 13.0. The molecule has 7 heteroatoms. The highest BCUT2D eigenvalue weighted by molar-refractivity contribution is 5.48. The van der Waals surface area contributed by atoms with Gasteiger partial charge in [0.15, 0.2) is 11.6 Å². The molecule has 21 heavy (non-hydrogen) atoms. The molecule has 1 nitrogen and oxygen atoms in total. The molecule has 0 spiro atoms. The minimum absolute atomic E-state index is 0.200. The first-order valence-electron chi connectivity index (χ1n) is 5.82. The average Bonchev–Trinajstić information content (AvgIpc) is 2.40. The zero-order valence-corrected chi connectivity index (χ0v) is 10.4. The maximum absolute atomic E-state index is 13.5. The van der Waals surface area contributed by atoms with E-state index in [0.29, 0.717) is 6.07 Å². The van der Waals surface area contributed by atoms with Gasteiger partial charge in [-0.2, -0.15) is 13.2 Å². The highest BCUT2D eigenvalue weighted by Gasteiger charge is 2.41. The fourth-order valence-corrected chi connectivity index (χ4v) is 1.82. The maximum atomic E-state index is 13.5. The van der Waals surface area contributed by atoms with Crippen LogP contribution < -0.4 is 5.32 Å². The van der Waals surface area contributed by atoms with E-state index in [1.165, 1.54) is 30.3 Å². The molecule has 0 amide bonds. The van der Waals surface area contributed by atoms with Crippen molar-refractivity contribution in [3.05, 3.63) is 65.5 Å². The Morgan fingerprint density at radius 3 is 2.10 bits per heavy atom. The highest BCUT2D eigenvalue weighted by atomic mass is 19.4. The van der Waals surface area contributed by atoms with Gasteiger partial charge in [-0.05, 0) is 5.56 Å². The summed E-state index contributed by atoms with van der Waals surface area (Å²) in [5.74, 6) is -4.31. The topological polar surface area (TPSA) is 12.0 Å². The van der Waals surface area contributed by atoms with Gasteiger partial charge in [0, 0.05) is 12.1 Å². The van der Waals surface area contributed by atoms with E-state index in [1.807, 2.05) is 0 Å². The molecule has 112 valence electrons. The van der Waals surface area contributed by atoms with E-state index in [4.69, 9.17) is 0 Å². The first-order chi connectivity index (χ1) is 9.79. The van der Waals surface area contributed by atoms with E-state index >= 15 is 0 Å². The number of hydrogen-bond donors (Lipinski definition) is 1. The molecule has 2 aromatic rings. The second kappa shape index (κ2) is 5.67. The Hall–Kier alpha value is -2.18. The van der Waals surface area contributed by atoms with Crippen molar-refractivity contribution in [1.82, 2.24) is 0 Å². The molecule has 0 bridgehead atoms. The monoisotopic (exact) mass is 305 g/mol. The van der Waals surface area contributed by atoms with Gasteiger partial charge in [-0.1, -0.05) is 30.3 Å². The summed E-state index contributed by atoms with van der Waals surface area (Å²) >= 11 is 0. The summed E-state index contributed by atoms with van der Waals surface area (Å²) in [7, 11) is 0. The Morgan fingerprint density at radius 2 is 1.52 bits per heavy atom. The Bertz CT molecular complexity index is 623. The second-order valence-electron chi connectivity index (χ2n) is 4.28. The van der Waals surface area contributed by atoms with Crippen molar-refractivity contribution in [1.29, 1.82) is 0 Å². The number of nitrogens with one attached hydrogen (secondary N) is 1. The third-order valence-corrected chi connectivity index (χ3v) is 2.75. The van der Waals surface area contributed by atoms with Crippen molar-refractivity contribution < 1.29 is 26.3 Å². The van der Waals surface area contributed by atoms with Gasteiger partial charge in [-0.15, -0.1) is 0 Å². The van der Waals surface area contributed by atoms with Crippen LogP contribution >= 0.6 is 0 Å². The average molecular weight is 305 g/mol. The number of anilines is 1. The molecule has 2 aromatic carbocycles. The van der Waals surface area contributed by atoms with E-state index in [-0.39, 0.29) is 11.6 Å². The molecule has 0 aliphatic carbocycles. The number of benzene rings is 2. The van der Waals surface area contributed by atoms with Gasteiger partial charge in [0.05, 0.1) is 5.69 Å². The van der Waals surface area contributed by atoms with E-state index in [9.17, 15) is 26.3 Å². The van der Waals surface area contributed by atoms with E-state index in [0.717, 1.165) is 0 Å². The van der Waals surface area contributed by atoms with Crippen molar-refractivity contribution in [3.8, 4) is 0 Å². The van der Waals surface area contributed by atoms with Crippen LogP contribution in [0.3, 0.4) is 0 Å². The third kappa shape index (κ3) is 3.48. The lowest BCUT2D eigenvalue weighted by Gasteiger charge is -2.23. The largest absolute Gasteiger partial charge is 0.412 e. The van der Waals surface area contributed by atoms with Crippen molar-refractivity contribution >= 4 is 5.69 Å². The molecular weight excluding hydrogens is 296 g/mol. The minimum Gasteiger partial charge on any atom is -0.368 e. The van der Waals surface area contributed by atoms with Gasteiger partial charge < -0.3 is 5.32 Å². The smallest absolute Gasteiger partial charge is 0.368 e. The SMILES string of the molecule is Fc1cc(F)c(F)c(NC(c2ccccc2)C(F)(F)F)c1. The lowest BCUT2D eigenvalue weighted by Crippen LogP contribution is -2.28. The number of rotatable bonds is 3. The molecule has 0 aromatic heterocycles. The van der Waals surface area contributed by atoms with Crippen molar-refractivity contribution in [3.63, 3.8) is 0 Å². The van der Waals surface area contributed by atoms with Gasteiger partial charge in [-0.25, -0.2) is 13.2 Å². The summed E-state index contributed by atoms with van der Waals surface area (Å²) in [5.41, 5.74) is -1.09. The van der Waals surface area contributed by atoms with Crippen molar-refractivity contribution in [2.45, 2.75) is 12.2 Å². The predicted octanol–water partition coefficient (Wildman–Crippen LogP) is 4.82. The van der Waals surface area contributed by atoms with Crippen LogP contribution in [0.1, 0.15) is 11.6 Å². The van der Waals surface area contributed by atoms with Gasteiger partial charge in [0.25, 0.3) is 0 Å². The summed E-state index contributed by atoms with van der Waals surface area (Å²) < 4.78 is 78.7. The molecule has 1 unspecified atom stereocenters. The second-order valence-corrected chi connectivity index (χ2v) is 4.28. The highest BCUT2D eigenvalue weighted by Crippen LogP contribution is 2.36. The molecule has 2 rings (SSSR count). The molecule has 0 heterocycles. The van der Waals surface area contributed by atoms with Crippen LogP contribution in [0.5, 0.6) is 0 Å². The summed E-state index contributed by atoms with van der Waals surface area (Å²) in [4.78, 5) is 0.